The number of rotatable bonds is 3. The lowest BCUT2D eigenvalue weighted by Crippen LogP contribution is -2.05. The summed E-state index contributed by atoms with van der Waals surface area (Å²) in [7, 11) is 0. The molecule has 0 aliphatic carbocycles. The van der Waals surface area contributed by atoms with Crippen molar-refractivity contribution in [2.45, 2.75) is 6.92 Å². The molecule has 18 heavy (non-hydrogen) atoms. The number of amides is 1. The van der Waals surface area contributed by atoms with Gasteiger partial charge in [-0.15, -0.1) is 0 Å². The second-order valence-corrected chi connectivity index (χ2v) is 4.41. The molecule has 1 aromatic heterocycles. The molecule has 2 rings (SSSR count). The van der Waals surface area contributed by atoms with Crippen LogP contribution in [-0.4, -0.2) is 15.9 Å². The lowest BCUT2D eigenvalue weighted by Gasteiger charge is -2.05. The van der Waals surface area contributed by atoms with E-state index < -0.39 is 0 Å². The van der Waals surface area contributed by atoms with Gasteiger partial charge in [-0.1, -0.05) is 0 Å². The molecule has 1 amide bonds. The van der Waals surface area contributed by atoms with E-state index in [9.17, 15) is 4.79 Å². The van der Waals surface area contributed by atoms with Crippen molar-refractivity contribution in [2.75, 3.05) is 5.32 Å². The number of aromatic nitrogens is 2. The van der Waals surface area contributed by atoms with Crippen molar-refractivity contribution in [3.63, 3.8) is 0 Å². The minimum absolute atomic E-state index is 0.111. The van der Waals surface area contributed by atoms with E-state index >= 15 is 0 Å². The van der Waals surface area contributed by atoms with Gasteiger partial charge in [-0.2, -0.15) is 0 Å². The molecule has 0 atom stereocenters. The molecule has 0 saturated carbocycles. The van der Waals surface area contributed by atoms with Gasteiger partial charge in [-0.05, 0) is 40.2 Å². The molecule has 0 unspecified atom stereocenters. The molecule has 0 radical (unpaired) electrons. The standard InChI is InChI=1S/C12H10BrN3O2/c1-8(17)16-10-2-4-11(5-3-10)18-12-14-6-9(13)7-15-12/h2-7H,1H3,(H,16,17). The zero-order valence-corrected chi connectivity index (χ0v) is 11.1. The number of anilines is 1. The number of carbonyl (C=O) groups excluding carboxylic acids is 1. The van der Waals surface area contributed by atoms with E-state index in [4.69, 9.17) is 4.74 Å². The van der Waals surface area contributed by atoms with Gasteiger partial charge in [0, 0.05) is 25.0 Å². The topological polar surface area (TPSA) is 64.1 Å². The number of carbonyl (C=O) groups is 1. The minimum atomic E-state index is -0.111. The molecular weight excluding hydrogens is 298 g/mol. The van der Waals surface area contributed by atoms with Gasteiger partial charge in [0.25, 0.3) is 0 Å². The maximum atomic E-state index is 10.9. The predicted octanol–water partition coefficient (Wildman–Crippen LogP) is 2.99. The van der Waals surface area contributed by atoms with E-state index in [1.807, 2.05) is 0 Å². The monoisotopic (exact) mass is 307 g/mol. The van der Waals surface area contributed by atoms with Crippen molar-refractivity contribution >= 4 is 27.5 Å². The van der Waals surface area contributed by atoms with E-state index in [0.717, 1.165) is 4.47 Å². The molecule has 0 bridgehead atoms. The van der Waals surface area contributed by atoms with Crippen molar-refractivity contribution in [3.05, 3.63) is 41.1 Å². The van der Waals surface area contributed by atoms with Crippen molar-refractivity contribution in [2.24, 2.45) is 0 Å². The van der Waals surface area contributed by atoms with Crippen LogP contribution in [0.2, 0.25) is 0 Å². The van der Waals surface area contributed by atoms with Crippen LogP contribution < -0.4 is 10.1 Å². The van der Waals surface area contributed by atoms with Gasteiger partial charge in [0.05, 0.1) is 4.47 Å². The summed E-state index contributed by atoms with van der Waals surface area (Å²) in [5.74, 6) is 0.492. The van der Waals surface area contributed by atoms with Crippen molar-refractivity contribution in [1.29, 1.82) is 0 Å². The Morgan fingerprint density at radius 1 is 1.22 bits per heavy atom. The van der Waals surface area contributed by atoms with E-state index in [0.29, 0.717) is 11.4 Å². The van der Waals surface area contributed by atoms with Crippen LogP contribution in [0, 0.1) is 0 Å². The number of hydrogen-bond donors (Lipinski definition) is 1. The number of nitrogens with one attached hydrogen (secondary N) is 1. The summed E-state index contributed by atoms with van der Waals surface area (Å²) in [6.07, 6.45) is 3.21. The van der Waals surface area contributed by atoms with Gasteiger partial charge in [0.2, 0.25) is 5.91 Å². The van der Waals surface area contributed by atoms with Gasteiger partial charge in [-0.3, -0.25) is 4.79 Å². The Balaban J connectivity index is 2.06. The summed E-state index contributed by atoms with van der Waals surface area (Å²) in [4.78, 5) is 18.8. The Morgan fingerprint density at radius 2 is 1.83 bits per heavy atom. The molecule has 1 N–H and O–H groups in total. The number of benzene rings is 1. The SMILES string of the molecule is CC(=O)Nc1ccc(Oc2ncc(Br)cn2)cc1. The molecule has 1 heterocycles. The number of halogens is 1. The van der Waals surface area contributed by atoms with Gasteiger partial charge in [-0.25, -0.2) is 9.97 Å². The fraction of sp³-hybridized carbons (Fsp3) is 0.0833. The second-order valence-electron chi connectivity index (χ2n) is 3.49. The van der Waals surface area contributed by atoms with Crippen LogP contribution in [0.3, 0.4) is 0 Å². The molecule has 5 nitrogen and oxygen atoms in total. The first-order valence-corrected chi connectivity index (χ1v) is 5.96. The fourth-order valence-corrected chi connectivity index (χ4v) is 1.47. The first kappa shape index (κ1) is 12.5. The van der Waals surface area contributed by atoms with Gasteiger partial charge >= 0.3 is 6.01 Å². The average Bonchev–Trinajstić information content (AvgIpc) is 2.34. The number of hydrogen-bond acceptors (Lipinski definition) is 4. The van der Waals surface area contributed by atoms with Crippen molar-refractivity contribution < 1.29 is 9.53 Å². The summed E-state index contributed by atoms with van der Waals surface area (Å²) >= 11 is 3.24. The van der Waals surface area contributed by atoms with Crippen molar-refractivity contribution in [3.8, 4) is 11.8 Å². The van der Waals surface area contributed by atoms with E-state index in [1.165, 1.54) is 6.92 Å². The van der Waals surface area contributed by atoms with Crippen LogP contribution >= 0.6 is 15.9 Å². The number of ether oxygens (including phenoxy) is 1. The molecule has 2 aromatic rings. The summed E-state index contributed by atoms with van der Waals surface area (Å²) in [6, 6.07) is 7.23. The highest BCUT2D eigenvalue weighted by molar-refractivity contribution is 9.10. The van der Waals surface area contributed by atoms with Gasteiger partial charge in [0.1, 0.15) is 5.75 Å². The largest absolute Gasteiger partial charge is 0.424 e. The maximum absolute atomic E-state index is 10.9. The third kappa shape index (κ3) is 3.53. The lowest BCUT2D eigenvalue weighted by molar-refractivity contribution is -0.114. The second kappa shape index (κ2) is 5.59. The quantitative estimate of drug-likeness (QED) is 0.946. The van der Waals surface area contributed by atoms with E-state index in [1.54, 1.807) is 36.7 Å². The Hall–Kier alpha value is -1.95. The summed E-state index contributed by atoms with van der Waals surface area (Å²) in [5, 5.41) is 2.67. The van der Waals surface area contributed by atoms with Crippen LogP contribution in [0.1, 0.15) is 6.92 Å². The zero-order valence-electron chi connectivity index (χ0n) is 9.55. The average molecular weight is 308 g/mol. The third-order valence-electron chi connectivity index (χ3n) is 1.98. The molecule has 0 fully saturated rings. The van der Waals surface area contributed by atoms with Crippen LogP contribution in [0.15, 0.2) is 41.1 Å². The van der Waals surface area contributed by atoms with Crippen LogP contribution in [0.5, 0.6) is 11.8 Å². The normalized spacial score (nSPS) is 9.89. The molecule has 0 aliphatic heterocycles. The van der Waals surface area contributed by atoms with Crippen molar-refractivity contribution in [1.82, 2.24) is 9.97 Å². The molecule has 0 spiro atoms. The Kier molecular flexibility index (Phi) is 3.88. The summed E-state index contributed by atoms with van der Waals surface area (Å²) in [5.41, 5.74) is 0.714. The zero-order chi connectivity index (χ0) is 13.0. The molecule has 1 aromatic carbocycles. The Labute approximate surface area is 112 Å². The Bertz CT molecular complexity index is 540. The predicted molar refractivity (Wildman–Crippen MR) is 70.6 cm³/mol. The minimum Gasteiger partial charge on any atom is -0.424 e. The van der Waals surface area contributed by atoms with E-state index in [2.05, 4.69) is 31.2 Å². The van der Waals surface area contributed by atoms with Gasteiger partial charge in [0.15, 0.2) is 0 Å². The highest BCUT2D eigenvalue weighted by atomic mass is 79.9. The first-order chi connectivity index (χ1) is 8.63. The lowest BCUT2D eigenvalue weighted by atomic mass is 10.3. The van der Waals surface area contributed by atoms with Crippen LogP contribution in [-0.2, 0) is 4.79 Å². The number of nitrogens with zero attached hydrogens (tertiary/aromatic N) is 2. The van der Waals surface area contributed by atoms with Crippen LogP contribution in [0.4, 0.5) is 5.69 Å². The Morgan fingerprint density at radius 3 is 2.39 bits per heavy atom. The third-order valence-corrected chi connectivity index (χ3v) is 2.39. The molecule has 0 saturated heterocycles. The van der Waals surface area contributed by atoms with E-state index in [-0.39, 0.29) is 11.9 Å². The molecular formula is C12H10BrN3O2. The fourth-order valence-electron chi connectivity index (χ4n) is 1.27. The smallest absolute Gasteiger partial charge is 0.321 e. The maximum Gasteiger partial charge on any atom is 0.321 e. The highest BCUT2D eigenvalue weighted by Gasteiger charge is 2.01. The van der Waals surface area contributed by atoms with Gasteiger partial charge < -0.3 is 10.1 Å². The van der Waals surface area contributed by atoms with Crippen LogP contribution in [0.25, 0.3) is 0 Å². The molecule has 92 valence electrons. The summed E-state index contributed by atoms with van der Waals surface area (Å²) < 4.78 is 6.23. The highest BCUT2D eigenvalue weighted by Crippen LogP contribution is 2.20. The molecule has 0 aliphatic rings. The molecule has 6 heteroatoms. The summed E-state index contributed by atoms with van der Waals surface area (Å²) in [6.45, 7) is 1.46. The first-order valence-electron chi connectivity index (χ1n) is 5.16.